The molecule has 0 saturated carbocycles. The molecule has 7 nitrogen and oxygen atoms in total. The van der Waals surface area contributed by atoms with Gasteiger partial charge in [0, 0.05) is 37.3 Å². The zero-order valence-electron chi connectivity index (χ0n) is 17.6. The van der Waals surface area contributed by atoms with Crippen LogP contribution in [-0.4, -0.2) is 46.3 Å². The van der Waals surface area contributed by atoms with E-state index in [2.05, 4.69) is 55.7 Å². The largest absolute Gasteiger partial charge is 0.489 e. The minimum atomic E-state index is 0.527. The van der Waals surface area contributed by atoms with Crippen LogP contribution in [0.1, 0.15) is 5.56 Å². The van der Waals surface area contributed by atoms with Gasteiger partial charge in [0.15, 0.2) is 5.82 Å². The zero-order valence-corrected chi connectivity index (χ0v) is 17.6. The first-order chi connectivity index (χ1) is 15.8. The Balaban J connectivity index is 1.30. The smallest absolute Gasteiger partial charge is 0.159 e. The lowest BCUT2D eigenvalue weighted by Crippen LogP contribution is -2.43. The second kappa shape index (κ2) is 8.01. The Bertz CT molecular complexity index is 1370. The molecular weight excluding hydrogens is 400 g/mol. The van der Waals surface area contributed by atoms with Crippen molar-refractivity contribution in [1.29, 1.82) is 0 Å². The monoisotopic (exact) mass is 424 g/mol. The number of piperazine rings is 1. The van der Waals surface area contributed by atoms with E-state index in [1.54, 1.807) is 0 Å². The summed E-state index contributed by atoms with van der Waals surface area (Å²) >= 11 is 0. The summed E-state index contributed by atoms with van der Waals surface area (Å²) in [5.41, 5.74) is 6.06. The van der Waals surface area contributed by atoms with Crippen molar-refractivity contribution in [2.75, 3.05) is 31.1 Å². The van der Waals surface area contributed by atoms with Gasteiger partial charge in [0.05, 0.1) is 16.6 Å². The van der Waals surface area contributed by atoms with Crippen molar-refractivity contribution in [3.8, 4) is 17.3 Å². The average Bonchev–Trinajstić information content (AvgIpc) is 3.47. The highest BCUT2D eigenvalue weighted by atomic mass is 16.5. The second-order valence-electron chi connectivity index (χ2n) is 8.08. The van der Waals surface area contributed by atoms with E-state index in [4.69, 9.17) is 9.72 Å². The van der Waals surface area contributed by atoms with E-state index in [1.807, 2.05) is 36.4 Å². The van der Waals surface area contributed by atoms with Gasteiger partial charge in [0.25, 0.3) is 0 Å². The number of hydrogen-bond acceptors (Lipinski definition) is 5. The molecule has 7 heteroatoms. The molecular formula is C25H24N6O. The van der Waals surface area contributed by atoms with Crippen molar-refractivity contribution >= 4 is 27.6 Å². The lowest BCUT2D eigenvalue weighted by molar-refractivity contribution is 0.306. The Morgan fingerprint density at radius 3 is 2.66 bits per heavy atom. The predicted octanol–water partition coefficient (Wildman–Crippen LogP) is 4.09. The Labute approximate surface area is 185 Å². The molecule has 32 heavy (non-hydrogen) atoms. The van der Waals surface area contributed by atoms with E-state index >= 15 is 0 Å². The van der Waals surface area contributed by atoms with Crippen molar-refractivity contribution in [2.24, 2.45) is 0 Å². The summed E-state index contributed by atoms with van der Waals surface area (Å²) in [6, 6.07) is 22.6. The van der Waals surface area contributed by atoms with E-state index in [1.165, 1.54) is 5.69 Å². The van der Waals surface area contributed by atoms with Crippen LogP contribution in [0.25, 0.3) is 33.5 Å². The van der Waals surface area contributed by atoms with Crippen LogP contribution in [0.4, 0.5) is 5.69 Å². The van der Waals surface area contributed by atoms with Gasteiger partial charge in [-0.15, -0.1) is 0 Å². The molecule has 5 aromatic rings. The molecule has 3 heterocycles. The SMILES string of the molecule is c1ccc(COc2ccc3[nH]nc(-c4nc5ccc(N6CCNCC6)cc5[nH]4)c3c2)cc1. The van der Waals surface area contributed by atoms with Gasteiger partial charge in [0.1, 0.15) is 18.1 Å². The fourth-order valence-electron chi connectivity index (χ4n) is 4.23. The van der Waals surface area contributed by atoms with Gasteiger partial charge in [0.2, 0.25) is 0 Å². The number of nitrogens with zero attached hydrogens (tertiary/aromatic N) is 3. The number of H-pyrrole nitrogens is 2. The molecule has 0 amide bonds. The highest BCUT2D eigenvalue weighted by molar-refractivity contribution is 5.94. The van der Waals surface area contributed by atoms with Crippen LogP contribution in [0, 0.1) is 0 Å². The first-order valence-corrected chi connectivity index (χ1v) is 10.9. The first kappa shape index (κ1) is 18.9. The van der Waals surface area contributed by atoms with Crippen molar-refractivity contribution < 1.29 is 4.74 Å². The standard InChI is InChI=1S/C25H24N6O/c1-2-4-17(5-3-1)16-32-19-7-9-21-20(15-19)24(30-29-21)25-27-22-8-6-18(14-23(22)28-25)31-12-10-26-11-13-31/h1-9,14-15,26H,10-13,16H2,(H,27,28)(H,29,30). The molecule has 160 valence electrons. The molecule has 1 saturated heterocycles. The molecule has 3 aromatic carbocycles. The van der Waals surface area contributed by atoms with Crippen molar-refractivity contribution in [3.63, 3.8) is 0 Å². The average molecular weight is 425 g/mol. The normalized spacial score (nSPS) is 14.3. The van der Waals surface area contributed by atoms with Gasteiger partial charge in [-0.05, 0) is 42.0 Å². The van der Waals surface area contributed by atoms with Gasteiger partial charge in [-0.1, -0.05) is 30.3 Å². The fraction of sp³-hybridized carbons (Fsp3) is 0.200. The number of nitrogens with one attached hydrogen (secondary N) is 3. The van der Waals surface area contributed by atoms with E-state index in [0.717, 1.165) is 70.9 Å². The van der Waals surface area contributed by atoms with Gasteiger partial charge >= 0.3 is 0 Å². The summed E-state index contributed by atoms with van der Waals surface area (Å²) in [5.74, 6) is 1.56. The maximum absolute atomic E-state index is 6.02. The Morgan fingerprint density at radius 1 is 0.906 bits per heavy atom. The number of fused-ring (bicyclic) bond motifs is 2. The van der Waals surface area contributed by atoms with Crippen LogP contribution >= 0.6 is 0 Å². The third-order valence-electron chi connectivity index (χ3n) is 5.95. The molecule has 1 aliphatic rings. The number of benzene rings is 3. The number of ether oxygens (including phenoxy) is 1. The summed E-state index contributed by atoms with van der Waals surface area (Å²) in [4.78, 5) is 10.7. The zero-order chi connectivity index (χ0) is 21.3. The minimum Gasteiger partial charge on any atom is -0.489 e. The quantitative estimate of drug-likeness (QED) is 0.396. The molecule has 0 atom stereocenters. The number of aromatic nitrogens is 4. The number of rotatable bonds is 5. The molecule has 0 bridgehead atoms. The molecule has 0 radical (unpaired) electrons. The minimum absolute atomic E-state index is 0.527. The molecule has 2 aromatic heterocycles. The number of imidazole rings is 1. The van der Waals surface area contributed by atoms with Crippen molar-refractivity contribution in [2.45, 2.75) is 6.61 Å². The van der Waals surface area contributed by atoms with E-state index in [-0.39, 0.29) is 0 Å². The molecule has 1 aliphatic heterocycles. The Kier molecular flexibility index (Phi) is 4.73. The number of aromatic amines is 2. The van der Waals surface area contributed by atoms with Crippen molar-refractivity contribution in [3.05, 3.63) is 72.3 Å². The van der Waals surface area contributed by atoms with Crippen LogP contribution in [0.3, 0.4) is 0 Å². The number of anilines is 1. The van der Waals surface area contributed by atoms with E-state index in [9.17, 15) is 0 Å². The fourth-order valence-corrected chi connectivity index (χ4v) is 4.23. The first-order valence-electron chi connectivity index (χ1n) is 10.9. The predicted molar refractivity (Wildman–Crippen MR) is 127 cm³/mol. The van der Waals surface area contributed by atoms with Crippen LogP contribution in [0.2, 0.25) is 0 Å². The van der Waals surface area contributed by atoms with Gasteiger partial charge in [-0.2, -0.15) is 5.10 Å². The maximum Gasteiger partial charge on any atom is 0.159 e. The van der Waals surface area contributed by atoms with Gasteiger partial charge in [-0.25, -0.2) is 4.98 Å². The van der Waals surface area contributed by atoms with Crippen LogP contribution in [-0.2, 0) is 6.61 Å². The summed E-state index contributed by atoms with van der Waals surface area (Å²) in [7, 11) is 0. The molecule has 3 N–H and O–H groups in total. The van der Waals surface area contributed by atoms with Crippen LogP contribution in [0.15, 0.2) is 66.7 Å². The molecule has 0 unspecified atom stereocenters. The summed E-state index contributed by atoms with van der Waals surface area (Å²) in [5, 5.41) is 12.0. The molecule has 0 spiro atoms. The highest BCUT2D eigenvalue weighted by Gasteiger charge is 2.16. The molecule has 6 rings (SSSR count). The van der Waals surface area contributed by atoms with E-state index < -0.39 is 0 Å². The third-order valence-corrected chi connectivity index (χ3v) is 5.95. The number of hydrogen-bond donors (Lipinski definition) is 3. The van der Waals surface area contributed by atoms with Crippen molar-refractivity contribution in [1.82, 2.24) is 25.5 Å². The summed E-state index contributed by atoms with van der Waals surface area (Å²) in [6.45, 7) is 4.59. The summed E-state index contributed by atoms with van der Waals surface area (Å²) < 4.78 is 6.02. The molecule has 0 aliphatic carbocycles. The van der Waals surface area contributed by atoms with E-state index in [0.29, 0.717) is 6.61 Å². The maximum atomic E-state index is 6.02. The Hall–Kier alpha value is -3.84. The van der Waals surface area contributed by atoms with Gasteiger partial charge in [-0.3, -0.25) is 5.10 Å². The van der Waals surface area contributed by atoms with Crippen LogP contribution in [0.5, 0.6) is 5.75 Å². The Morgan fingerprint density at radius 2 is 1.78 bits per heavy atom. The molecule has 1 fully saturated rings. The lowest BCUT2D eigenvalue weighted by atomic mass is 10.2. The second-order valence-corrected chi connectivity index (χ2v) is 8.08. The van der Waals surface area contributed by atoms with Crippen LogP contribution < -0.4 is 15.0 Å². The lowest BCUT2D eigenvalue weighted by Gasteiger charge is -2.29. The third kappa shape index (κ3) is 3.56. The topological polar surface area (TPSA) is 81.9 Å². The summed E-state index contributed by atoms with van der Waals surface area (Å²) in [6.07, 6.45) is 0. The highest BCUT2D eigenvalue weighted by Crippen LogP contribution is 2.30. The van der Waals surface area contributed by atoms with Gasteiger partial charge < -0.3 is 19.9 Å².